The molecule has 2 aromatic carbocycles. The first kappa shape index (κ1) is 14.9. The average Bonchev–Trinajstić information content (AvgIpc) is 2.40. The van der Waals surface area contributed by atoms with Gasteiger partial charge in [0, 0.05) is 5.56 Å². The van der Waals surface area contributed by atoms with Crippen LogP contribution in [0.3, 0.4) is 0 Å². The largest absolute Gasteiger partial charge is 0.508 e. The Morgan fingerprint density at radius 2 is 1.29 bits per heavy atom. The van der Waals surface area contributed by atoms with Crippen molar-refractivity contribution in [3.05, 3.63) is 59.7 Å². The van der Waals surface area contributed by atoms with Crippen LogP contribution in [-0.4, -0.2) is 22.2 Å². The van der Waals surface area contributed by atoms with E-state index in [9.17, 15) is 18.0 Å². The molecule has 2 rings (SSSR count). The molecule has 0 radical (unpaired) electrons. The molecule has 0 amide bonds. The lowest BCUT2D eigenvalue weighted by Gasteiger charge is -2.19. The molecule has 1 atom stereocenters. The first-order chi connectivity index (χ1) is 9.79. The third-order valence-corrected chi connectivity index (χ3v) is 2.97. The molecule has 0 fully saturated rings. The van der Waals surface area contributed by atoms with Gasteiger partial charge in [-0.15, -0.1) is 0 Å². The van der Waals surface area contributed by atoms with E-state index in [1.54, 1.807) is 0 Å². The summed E-state index contributed by atoms with van der Waals surface area (Å²) in [5.74, 6) is -3.76. The van der Waals surface area contributed by atoms with Gasteiger partial charge in [0.15, 0.2) is 5.78 Å². The second-order valence-corrected chi connectivity index (χ2v) is 4.48. The fraction of sp³-hybridized carbons (Fsp3) is 0.133. The summed E-state index contributed by atoms with van der Waals surface area (Å²) in [5, 5.41) is 18.3. The Bertz CT molecular complexity index is 631. The molecular formula is C15H11F3O3. The first-order valence-electron chi connectivity index (χ1n) is 5.98. The summed E-state index contributed by atoms with van der Waals surface area (Å²) in [5.41, 5.74) is -0.401. The lowest BCUT2D eigenvalue weighted by molar-refractivity contribution is -0.139. The molecule has 0 heterocycles. The van der Waals surface area contributed by atoms with Crippen molar-refractivity contribution >= 4 is 5.78 Å². The third-order valence-electron chi connectivity index (χ3n) is 2.97. The van der Waals surface area contributed by atoms with Crippen LogP contribution in [-0.2, 0) is 0 Å². The Labute approximate surface area is 118 Å². The molecule has 21 heavy (non-hydrogen) atoms. The SMILES string of the molecule is O=C(c1ccc(O)cc1)C(c1ccc(O)cc1)C(F)(F)F. The lowest BCUT2D eigenvalue weighted by Crippen LogP contribution is -2.28. The van der Waals surface area contributed by atoms with Gasteiger partial charge >= 0.3 is 6.18 Å². The molecule has 3 nitrogen and oxygen atoms in total. The van der Waals surface area contributed by atoms with Gasteiger partial charge in [0.05, 0.1) is 0 Å². The highest BCUT2D eigenvalue weighted by atomic mass is 19.4. The fourth-order valence-electron chi connectivity index (χ4n) is 1.95. The summed E-state index contributed by atoms with van der Waals surface area (Å²) < 4.78 is 39.6. The van der Waals surface area contributed by atoms with Crippen LogP contribution in [0.4, 0.5) is 13.2 Å². The van der Waals surface area contributed by atoms with Crippen molar-refractivity contribution in [1.82, 2.24) is 0 Å². The van der Waals surface area contributed by atoms with Crippen LogP contribution < -0.4 is 0 Å². The van der Waals surface area contributed by atoms with Crippen molar-refractivity contribution in [2.75, 3.05) is 0 Å². The van der Waals surface area contributed by atoms with Crippen LogP contribution in [0, 0.1) is 0 Å². The smallest absolute Gasteiger partial charge is 0.402 e. The predicted octanol–water partition coefficient (Wildman–Crippen LogP) is 3.63. The Morgan fingerprint density at radius 3 is 1.71 bits per heavy atom. The van der Waals surface area contributed by atoms with Gasteiger partial charge in [0.2, 0.25) is 0 Å². The number of halogens is 3. The van der Waals surface area contributed by atoms with E-state index >= 15 is 0 Å². The Morgan fingerprint density at radius 1 is 0.857 bits per heavy atom. The number of alkyl halides is 3. The Hall–Kier alpha value is -2.50. The van der Waals surface area contributed by atoms with Gasteiger partial charge in [0.25, 0.3) is 0 Å². The monoisotopic (exact) mass is 296 g/mol. The number of hydrogen-bond acceptors (Lipinski definition) is 3. The van der Waals surface area contributed by atoms with E-state index in [1.165, 1.54) is 0 Å². The molecule has 0 bridgehead atoms. The standard InChI is InChI=1S/C15H11F3O3/c16-15(17,18)13(9-1-5-11(19)6-2-9)14(21)10-3-7-12(20)8-4-10/h1-8,13,19-20H. The fourth-order valence-corrected chi connectivity index (χ4v) is 1.95. The Kier molecular flexibility index (Phi) is 3.88. The molecule has 110 valence electrons. The van der Waals surface area contributed by atoms with Gasteiger partial charge in [0.1, 0.15) is 17.4 Å². The summed E-state index contributed by atoms with van der Waals surface area (Å²) in [6, 6.07) is 8.89. The summed E-state index contributed by atoms with van der Waals surface area (Å²) in [6.07, 6.45) is -4.76. The summed E-state index contributed by atoms with van der Waals surface area (Å²) in [4.78, 5) is 12.1. The minimum absolute atomic E-state index is 0.139. The molecule has 6 heteroatoms. The van der Waals surface area contributed by atoms with Crippen molar-refractivity contribution in [1.29, 1.82) is 0 Å². The van der Waals surface area contributed by atoms with Gasteiger partial charge in [-0.3, -0.25) is 4.79 Å². The van der Waals surface area contributed by atoms with Gasteiger partial charge in [-0.05, 0) is 42.0 Å². The van der Waals surface area contributed by atoms with Crippen LogP contribution >= 0.6 is 0 Å². The number of benzene rings is 2. The van der Waals surface area contributed by atoms with Crippen molar-refractivity contribution in [2.45, 2.75) is 12.1 Å². The van der Waals surface area contributed by atoms with Crippen LogP contribution in [0.1, 0.15) is 21.8 Å². The maximum absolute atomic E-state index is 13.2. The van der Waals surface area contributed by atoms with Gasteiger partial charge < -0.3 is 10.2 Å². The molecule has 0 aliphatic carbocycles. The molecule has 2 N–H and O–H groups in total. The third kappa shape index (κ3) is 3.34. The van der Waals surface area contributed by atoms with E-state index in [4.69, 9.17) is 10.2 Å². The minimum atomic E-state index is -4.76. The van der Waals surface area contributed by atoms with Crippen LogP contribution in [0.15, 0.2) is 48.5 Å². The first-order valence-corrected chi connectivity index (χ1v) is 5.98. The average molecular weight is 296 g/mol. The summed E-state index contributed by atoms with van der Waals surface area (Å²) >= 11 is 0. The zero-order chi connectivity index (χ0) is 15.6. The molecule has 2 aromatic rings. The zero-order valence-electron chi connectivity index (χ0n) is 10.6. The Balaban J connectivity index is 2.43. The summed E-state index contributed by atoms with van der Waals surface area (Å²) in [6.45, 7) is 0. The molecule has 0 aliphatic heterocycles. The lowest BCUT2D eigenvalue weighted by atomic mass is 9.90. The second kappa shape index (κ2) is 5.47. The molecule has 0 aliphatic rings. The topological polar surface area (TPSA) is 57.5 Å². The van der Waals surface area contributed by atoms with Crippen LogP contribution in [0.25, 0.3) is 0 Å². The van der Waals surface area contributed by atoms with Crippen molar-refractivity contribution in [3.8, 4) is 11.5 Å². The van der Waals surface area contributed by atoms with Crippen molar-refractivity contribution < 1.29 is 28.2 Å². The van der Waals surface area contributed by atoms with E-state index in [1.807, 2.05) is 0 Å². The number of ketones is 1. The second-order valence-electron chi connectivity index (χ2n) is 4.48. The highest BCUT2D eigenvalue weighted by Gasteiger charge is 2.46. The zero-order valence-corrected chi connectivity index (χ0v) is 10.6. The van der Waals surface area contributed by atoms with Gasteiger partial charge in [-0.2, -0.15) is 13.2 Å². The molecule has 0 aromatic heterocycles. The number of hydrogen-bond donors (Lipinski definition) is 2. The number of phenolic OH excluding ortho intramolecular Hbond substituents is 2. The van der Waals surface area contributed by atoms with E-state index in [0.29, 0.717) is 0 Å². The minimum Gasteiger partial charge on any atom is -0.508 e. The normalized spacial score (nSPS) is 12.9. The molecular weight excluding hydrogens is 285 g/mol. The highest BCUT2D eigenvalue weighted by molar-refractivity contribution is 6.01. The molecule has 0 saturated heterocycles. The maximum Gasteiger partial charge on any atom is 0.402 e. The van der Waals surface area contributed by atoms with Crippen LogP contribution in [0.2, 0.25) is 0 Å². The van der Waals surface area contributed by atoms with Crippen molar-refractivity contribution in [2.24, 2.45) is 0 Å². The van der Waals surface area contributed by atoms with E-state index < -0.39 is 17.9 Å². The van der Waals surface area contributed by atoms with Crippen LogP contribution in [0.5, 0.6) is 11.5 Å². The molecule has 0 spiro atoms. The number of carbonyl (C=O) groups excluding carboxylic acids is 1. The maximum atomic E-state index is 13.2. The number of rotatable bonds is 3. The number of Topliss-reactive ketones (excluding diaryl/α,β-unsaturated/α-hetero) is 1. The number of phenols is 2. The van der Waals surface area contributed by atoms with E-state index in [-0.39, 0.29) is 22.6 Å². The molecule has 1 unspecified atom stereocenters. The number of carbonyl (C=O) groups is 1. The quantitative estimate of drug-likeness (QED) is 0.850. The van der Waals surface area contributed by atoms with Crippen molar-refractivity contribution in [3.63, 3.8) is 0 Å². The molecule has 0 saturated carbocycles. The number of aromatic hydroxyl groups is 2. The van der Waals surface area contributed by atoms with E-state index in [2.05, 4.69) is 0 Å². The van der Waals surface area contributed by atoms with Gasteiger partial charge in [-0.25, -0.2) is 0 Å². The predicted molar refractivity (Wildman–Crippen MR) is 69.3 cm³/mol. The van der Waals surface area contributed by atoms with E-state index in [0.717, 1.165) is 48.5 Å². The van der Waals surface area contributed by atoms with Gasteiger partial charge in [-0.1, -0.05) is 12.1 Å². The summed E-state index contributed by atoms with van der Waals surface area (Å²) in [7, 11) is 0. The highest BCUT2D eigenvalue weighted by Crippen LogP contribution is 2.38.